The third-order valence-corrected chi connectivity index (χ3v) is 6.88. The van der Waals surface area contributed by atoms with Crippen LogP contribution in [-0.2, 0) is 23.1 Å². The van der Waals surface area contributed by atoms with Crippen LogP contribution in [0.5, 0.6) is 0 Å². The monoisotopic (exact) mass is 460 g/mol. The van der Waals surface area contributed by atoms with Gasteiger partial charge in [-0.3, -0.25) is 14.7 Å². The molecule has 3 aromatic rings. The number of aromatic nitrogens is 6. The summed E-state index contributed by atoms with van der Waals surface area (Å²) in [5, 5.41) is 11.7. The molecule has 2 unspecified atom stereocenters. The number of rotatable bonds is 4. The molecule has 0 amide bonds. The van der Waals surface area contributed by atoms with E-state index in [0.29, 0.717) is 31.3 Å². The fraction of sp³-hybridized carbons (Fsp3) is 0.524. The Bertz CT molecular complexity index is 1170. The number of pyridine rings is 1. The summed E-state index contributed by atoms with van der Waals surface area (Å²) in [5.41, 5.74) is 5.53. The molecule has 1 spiro atoms. The van der Waals surface area contributed by atoms with Crippen molar-refractivity contribution in [3.8, 4) is 11.3 Å². The van der Waals surface area contributed by atoms with Gasteiger partial charge in [0.25, 0.3) is 0 Å². The minimum absolute atomic E-state index is 0.156. The molecular formula is C21H23F3N8O. The van der Waals surface area contributed by atoms with E-state index in [1.807, 2.05) is 10.7 Å². The largest absolute Gasteiger partial charge is 0.419 e. The first-order valence-electron chi connectivity index (χ1n) is 11.0. The van der Waals surface area contributed by atoms with Gasteiger partial charge in [0.15, 0.2) is 0 Å². The molecule has 174 valence electrons. The Morgan fingerprint density at radius 1 is 1.21 bits per heavy atom. The van der Waals surface area contributed by atoms with Crippen LogP contribution in [0.25, 0.3) is 11.3 Å². The molecule has 3 N–H and O–H groups in total. The fourth-order valence-electron chi connectivity index (χ4n) is 5.18. The summed E-state index contributed by atoms with van der Waals surface area (Å²) in [5.74, 6) is 0.867. The van der Waals surface area contributed by atoms with Gasteiger partial charge >= 0.3 is 6.18 Å². The number of ether oxygens (including phenoxy) is 1. The SMILES string of the molecule is Nc1ncc(-c2cc3n(n2)CCOC32CCN(C(c3ncn[nH]3)C3CC3)C2)cc1C(F)(F)F. The van der Waals surface area contributed by atoms with Gasteiger partial charge in [0.2, 0.25) is 0 Å². The first-order valence-corrected chi connectivity index (χ1v) is 11.0. The zero-order chi connectivity index (χ0) is 22.8. The van der Waals surface area contributed by atoms with Gasteiger partial charge in [-0.2, -0.15) is 23.4 Å². The molecule has 2 aliphatic heterocycles. The third kappa shape index (κ3) is 3.48. The van der Waals surface area contributed by atoms with Crippen LogP contribution in [0.3, 0.4) is 0 Å². The van der Waals surface area contributed by atoms with Crippen molar-refractivity contribution >= 4 is 5.82 Å². The van der Waals surface area contributed by atoms with E-state index < -0.39 is 23.2 Å². The Morgan fingerprint density at radius 3 is 2.79 bits per heavy atom. The minimum Gasteiger partial charge on any atom is -0.383 e. The number of nitrogen functional groups attached to an aromatic ring is 1. The van der Waals surface area contributed by atoms with Gasteiger partial charge in [0.05, 0.1) is 36.1 Å². The van der Waals surface area contributed by atoms with Crippen molar-refractivity contribution in [2.75, 3.05) is 25.4 Å². The standard InChI is InChI=1S/C21H23F3N8O/c22-21(23,24)14-7-13(9-26-18(14)25)15-8-16-20(33-6-5-32(16)30-15)3-4-31(10-20)17(12-1-2-12)19-27-11-28-29-19/h7-9,11-12,17H,1-6,10H2,(H2,25,26)(H,27,28,29). The summed E-state index contributed by atoms with van der Waals surface area (Å²) in [6, 6.07) is 3.00. The minimum atomic E-state index is -4.58. The molecular weight excluding hydrogens is 437 g/mol. The van der Waals surface area contributed by atoms with Crippen LogP contribution in [0.15, 0.2) is 24.7 Å². The first-order chi connectivity index (χ1) is 15.8. The van der Waals surface area contributed by atoms with Crippen LogP contribution in [0, 0.1) is 5.92 Å². The second-order valence-electron chi connectivity index (χ2n) is 9.01. The van der Waals surface area contributed by atoms with Crippen molar-refractivity contribution in [3.63, 3.8) is 0 Å². The molecule has 0 radical (unpaired) electrons. The van der Waals surface area contributed by atoms with Gasteiger partial charge in [-0.05, 0) is 37.3 Å². The van der Waals surface area contributed by atoms with Gasteiger partial charge in [-0.15, -0.1) is 0 Å². The zero-order valence-corrected chi connectivity index (χ0v) is 17.7. The highest BCUT2D eigenvalue weighted by Gasteiger charge is 2.50. The molecule has 33 heavy (non-hydrogen) atoms. The van der Waals surface area contributed by atoms with E-state index in [1.165, 1.54) is 12.5 Å². The van der Waals surface area contributed by atoms with Crippen LogP contribution >= 0.6 is 0 Å². The van der Waals surface area contributed by atoms with Crippen LogP contribution in [0.2, 0.25) is 0 Å². The maximum Gasteiger partial charge on any atom is 0.419 e. The predicted molar refractivity (Wildman–Crippen MR) is 111 cm³/mol. The maximum absolute atomic E-state index is 13.3. The molecule has 1 saturated heterocycles. The average Bonchev–Trinajstić information content (AvgIpc) is 3.16. The summed E-state index contributed by atoms with van der Waals surface area (Å²) >= 11 is 0. The molecule has 1 saturated carbocycles. The van der Waals surface area contributed by atoms with Gasteiger partial charge in [0, 0.05) is 24.8 Å². The zero-order valence-electron chi connectivity index (χ0n) is 17.7. The second-order valence-corrected chi connectivity index (χ2v) is 9.01. The van der Waals surface area contributed by atoms with Gasteiger partial charge in [-0.1, -0.05) is 0 Å². The normalized spacial score (nSPS) is 24.3. The Morgan fingerprint density at radius 2 is 2.06 bits per heavy atom. The summed E-state index contributed by atoms with van der Waals surface area (Å²) in [4.78, 5) is 10.5. The van der Waals surface area contributed by atoms with E-state index in [9.17, 15) is 13.2 Å². The number of alkyl halides is 3. The number of H-pyrrole nitrogens is 1. The van der Waals surface area contributed by atoms with E-state index in [-0.39, 0.29) is 11.6 Å². The molecule has 0 aromatic carbocycles. The Balaban J connectivity index is 1.33. The second kappa shape index (κ2) is 7.26. The Hall–Kier alpha value is -2.99. The molecule has 2 fully saturated rings. The Labute approximate surface area is 187 Å². The van der Waals surface area contributed by atoms with Crippen molar-refractivity contribution in [1.82, 2.24) is 34.8 Å². The molecule has 5 heterocycles. The van der Waals surface area contributed by atoms with Crippen molar-refractivity contribution in [2.24, 2.45) is 5.92 Å². The maximum atomic E-state index is 13.3. The number of aromatic amines is 1. The smallest absolute Gasteiger partial charge is 0.383 e. The third-order valence-electron chi connectivity index (χ3n) is 6.88. The average molecular weight is 460 g/mol. The van der Waals surface area contributed by atoms with E-state index in [1.54, 1.807) is 0 Å². The highest BCUT2D eigenvalue weighted by atomic mass is 19.4. The van der Waals surface area contributed by atoms with Crippen LogP contribution in [0.1, 0.15) is 42.4 Å². The van der Waals surface area contributed by atoms with Crippen molar-refractivity contribution in [3.05, 3.63) is 41.7 Å². The lowest BCUT2D eigenvalue weighted by Crippen LogP contribution is -2.41. The summed E-state index contributed by atoms with van der Waals surface area (Å²) in [6.45, 7) is 2.52. The number of anilines is 1. The number of hydrogen-bond acceptors (Lipinski definition) is 7. The highest BCUT2D eigenvalue weighted by Crippen LogP contribution is 2.48. The molecule has 9 nitrogen and oxygen atoms in total. The number of nitrogens with zero attached hydrogens (tertiary/aromatic N) is 6. The van der Waals surface area contributed by atoms with Gasteiger partial charge in [0.1, 0.15) is 23.6 Å². The number of hydrogen-bond donors (Lipinski definition) is 2. The predicted octanol–water partition coefficient (Wildman–Crippen LogP) is 2.75. The quantitative estimate of drug-likeness (QED) is 0.616. The van der Waals surface area contributed by atoms with Crippen molar-refractivity contribution in [2.45, 2.75) is 43.6 Å². The van der Waals surface area contributed by atoms with Gasteiger partial charge in [-0.25, -0.2) is 9.97 Å². The lowest BCUT2D eigenvalue weighted by atomic mass is 9.96. The Kier molecular flexibility index (Phi) is 4.53. The number of nitrogens with one attached hydrogen (secondary N) is 1. The van der Waals surface area contributed by atoms with Crippen LogP contribution in [-0.4, -0.2) is 54.5 Å². The lowest BCUT2D eigenvalue weighted by molar-refractivity contribution is -0.137. The molecule has 6 rings (SSSR count). The molecule has 3 aliphatic rings. The van der Waals surface area contributed by atoms with E-state index in [4.69, 9.17) is 10.5 Å². The van der Waals surface area contributed by atoms with E-state index >= 15 is 0 Å². The molecule has 2 atom stereocenters. The molecule has 12 heteroatoms. The van der Waals surface area contributed by atoms with Crippen molar-refractivity contribution < 1.29 is 17.9 Å². The number of likely N-dealkylation sites (tertiary alicyclic amines) is 1. The number of fused-ring (bicyclic) bond motifs is 2. The molecule has 0 bridgehead atoms. The van der Waals surface area contributed by atoms with Crippen LogP contribution in [0.4, 0.5) is 19.0 Å². The molecule has 1 aliphatic carbocycles. The van der Waals surface area contributed by atoms with E-state index in [0.717, 1.165) is 43.4 Å². The summed E-state index contributed by atoms with van der Waals surface area (Å²) in [7, 11) is 0. The highest BCUT2D eigenvalue weighted by molar-refractivity contribution is 5.63. The van der Waals surface area contributed by atoms with Crippen molar-refractivity contribution in [1.29, 1.82) is 0 Å². The molecule has 3 aromatic heterocycles. The topological polar surface area (TPSA) is 111 Å². The van der Waals surface area contributed by atoms with Crippen LogP contribution < -0.4 is 5.73 Å². The first kappa shape index (κ1) is 20.6. The lowest BCUT2D eigenvalue weighted by Gasteiger charge is -2.35. The summed E-state index contributed by atoms with van der Waals surface area (Å²) < 4.78 is 48.2. The van der Waals surface area contributed by atoms with E-state index in [2.05, 4.69) is 30.2 Å². The van der Waals surface area contributed by atoms with Gasteiger partial charge < -0.3 is 10.5 Å². The fourth-order valence-corrected chi connectivity index (χ4v) is 5.18. The summed E-state index contributed by atoms with van der Waals surface area (Å²) in [6.07, 6.45) is 1.36. The number of nitrogens with two attached hydrogens (primary N) is 1. The number of halogens is 3.